The third-order valence-corrected chi connectivity index (χ3v) is 2.46. The predicted molar refractivity (Wildman–Crippen MR) is 56.3 cm³/mol. The summed E-state index contributed by atoms with van der Waals surface area (Å²) < 4.78 is 4.60. The largest absolute Gasteiger partial charge is 0.464 e. The Morgan fingerprint density at radius 3 is 2.19 bits per heavy atom. The fourth-order valence-corrected chi connectivity index (χ4v) is 1.64. The van der Waals surface area contributed by atoms with Crippen LogP contribution in [0.4, 0.5) is 0 Å². The molecule has 0 aliphatic heterocycles. The molecule has 1 N–H and O–H groups in total. The Hall–Kier alpha value is -1.65. The van der Waals surface area contributed by atoms with Gasteiger partial charge in [0.25, 0.3) is 0 Å². The van der Waals surface area contributed by atoms with E-state index in [0.717, 1.165) is 5.57 Å². The molecule has 16 heavy (non-hydrogen) atoms. The van der Waals surface area contributed by atoms with Crippen LogP contribution in [0.2, 0.25) is 0 Å². The molecular formula is C11H15NO4. The van der Waals surface area contributed by atoms with Crippen LogP contribution in [-0.2, 0) is 19.1 Å². The van der Waals surface area contributed by atoms with Crippen molar-refractivity contribution in [3.8, 4) is 0 Å². The van der Waals surface area contributed by atoms with Crippen LogP contribution >= 0.6 is 0 Å². The van der Waals surface area contributed by atoms with Gasteiger partial charge in [-0.2, -0.15) is 0 Å². The molecule has 5 heteroatoms. The molecule has 1 aliphatic rings. The highest BCUT2D eigenvalue weighted by molar-refractivity contribution is 5.94. The highest BCUT2D eigenvalue weighted by Gasteiger charge is 2.21. The molecule has 0 unspecified atom stereocenters. The smallest absolute Gasteiger partial charge is 0.354 e. The lowest BCUT2D eigenvalue weighted by atomic mass is 9.92. The van der Waals surface area contributed by atoms with E-state index in [1.807, 2.05) is 0 Å². The summed E-state index contributed by atoms with van der Waals surface area (Å²) in [5, 5.41) is 2.47. The van der Waals surface area contributed by atoms with Gasteiger partial charge in [-0.05, 0) is 18.4 Å². The first-order chi connectivity index (χ1) is 7.54. The third kappa shape index (κ3) is 3.18. The number of ether oxygens (including phenoxy) is 1. The summed E-state index contributed by atoms with van der Waals surface area (Å²) in [6, 6.07) is 0. The number of rotatable bonds is 2. The van der Waals surface area contributed by atoms with Crippen LogP contribution in [0.3, 0.4) is 0 Å². The molecule has 0 aromatic heterocycles. The maximum absolute atomic E-state index is 11.4. The second-order valence-electron chi connectivity index (χ2n) is 3.69. The van der Waals surface area contributed by atoms with Gasteiger partial charge in [-0.15, -0.1) is 0 Å². The standard InChI is InChI=1S/C11H15NO4/c1-7(13)12-10(11(15)16-2)8-3-5-9(14)6-4-8/h3-6H2,1-2H3,(H,12,13). The molecule has 0 aromatic carbocycles. The topological polar surface area (TPSA) is 72.5 Å². The molecule has 0 saturated heterocycles. The van der Waals surface area contributed by atoms with Crippen LogP contribution in [0, 0.1) is 0 Å². The van der Waals surface area contributed by atoms with Crippen molar-refractivity contribution in [1.29, 1.82) is 0 Å². The summed E-state index contributed by atoms with van der Waals surface area (Å²) >= 11 is 0. The Labute approximate surface area is 93.8 Å². The van der Waals surface area contributed by atoms with E-state index in [1.54, 1.807) is 0 Å². The van der Waals surface area contributed by atoms with Crippen molar-refractivity contribution in [2.45, 2.75) is 32.6 Å². The predicted octanol–water partition coefficient (Wildman–Crippen LogP) is 0.693. The number of esters is 1. The van der Waals surface area contributed by atoms with E-state index in [-0.39, 0.29) is 17.4 Å². The number of carbonyl (C=O) groups excluding carboxylic acids is 3. The number of allylic oxidation sites excluding steroid dienone is 1. The van der Waals surface area contributed by atoms with Crippen LogP contribution in [0.1, 0.15) is 32.6 Å². The van der Waals surface area contributed by atoms with Crippen molar-refractivity contribution in [2.24, 2.45) is 0 Å². The number of ketones is 1. The molecule has 0 aromatic rings. The summed E-state index contributed by atoms with van der Waals surface area (Å²) in [7, 11) is 1.26. The van der Waals surface area contributed by atoms with E-state index in [2.05, 4.69) is 10.1 Å². The van der Waals surface area contributed by atoms with Gasteiger partial charge in [0, 0.05) is 19.8 Å². The van der Waals surface area contributed by atoms with Gasteiger partial charge in [-0.3, -0.25) is 9.59 Å². The first-order valence-electron chi connectivity index (χ1n) is 5.14. The van der Waals surface area contributed by atoms with E-state index in [9.17, 15) is 14.4 Å². The van der Waals surface area contributed by atoms with Crippen LogP contribution in [0.5, 0.6) is 0 Å². The highest BCUT2D eigenvalue weighted by atomic mass is 16.5. The quantitative estimate of drug-likeness (QED) is 0.554. The van der Waals surface area contributed by atoms with Crippen molar-refractivity contribution in [1.82, 2.24) is 5.32 Å². The molecule has 1 saturated carbocycles. The fraction of sp³-hybridized carbons (Fsp3) is 0.545. The molecule has 0 spiro atoms. The third-order valence-electron chi connectivity index (χ3n) is 2.46. The number of hydrogen-bond donors (Lipinski definition) is 1. The molecular weight excluding hydrogens is 210 g/mol. The Morgan fingerprint density at radius 2 is 1.75 bits per heavy atom. The van der Waals surface area contributed by atoms with Gasteiger partial charge in [-0.25, -0.2) is 4.79 Å². The lowest BCUT2D eigenvalue weighted by Crippen LogP contribution is -2.28. The molecule has 5 nitrogen and oxygen atoms in total. The van der Waals surface area contributed by atoms with Gasteiger partial charge in [0.05, 0.1) is 7.11 Å². The molecule has 1 rings (SSSR count). The lowest BCUT2D eigenvalue weighted by molar-refractivity contribution is -0.137. The SMILES string of the molecule is COC(=O)C(NC(C)=O)=C1CCC(=O)CC1. The average molecular weight is 225 g/mol. The molecule has 1 aliphatic carbocycles. The van der Waals surface area contributed by atoms with Gasteiger partial charge in [-0.1, -0.05) is 0 Å². The minimum atomic E-state index is -0.556. The van der Waals surface area contributed by atoms with Crippen LogP contribution in [0.25, 0.3) is 0 Å². The minimum Gasteiger partial charge on any atom is -0.464 e. The van der Waals surface area contributed by atoms with Crippen LogP contribution in [0.15, 0.2) is 11.3 Å². The molecule has 1 amide bonds. The Balaban J connectivity index is 2.89. The summed E-state index contributed by atoms with van der Waals surface area (Å²) in [5.41, 5.74) is 0.990. The van der Waals surface area contributed by atoms with Crippen molar-refractivity contribution >= 4 is 17.7 Å². The maximum Gasteiger partial charge on any atom is 0.354 e. The summed E-state index contributed by atoms with van der Waals surface area (Å²) in [5.74, 6) is -0.680. The first kappa shape index (κ1) is 12.4. The van der Waals surface area contributed by atoms with Gasteiger partial charge < -0.3 is 10.1 Å². The normalized spacial score (nSPS) is 15.6. The number of nitrogens with one attached hydrogen (secondary N) is 1. The summed E-state index contributed by atoms with van der Waals surface area (Å²) in [6.45, 7) is 1.33. The second kappa shape index (κ2) is 5.44. The van der Waals surface area contributed by atoms with E-state index in [0.29, 0.717) is 25.7 Å². The molecule has 0 radical (unpaired) electrons. The number of Topliss-reactive ketones (excluding diaryl/α,β-unsaturated/α-hetero) is 1. The number of methoxy groups -OCH3 is 1. The van der Waals surface area contributed by atoms with Crippen molar-refractivity contribution < 1.29 is 19.1 Å². The average Bonchev–Trinajstić information content (AvgIpc) is 2.26. The number of hydrogen-bond acceptors (Lipinski definition) is 4. The number of carbonyl (C=O) groups is 3. The van der Waals surface area contributed by atoms with Crippen molar-refractivity contribution in [3.05, 3.63) is 11.3 Å². The van der Waals surface area contributed by atoms with E-state index in [4.69, 9.17) is 0 Å². The summed E-state index contributed by atoms with van der Waals surface area (Å²) in [6.07, 6.45) is 1.89. The fourth-order valence-electron chi connectivity index (χ4n) is 1.64. The second-order valence-corrected chi connectivity index (χ2v) is 3.69. The van der Waals surface area contributed by atoms with Crippen LogP contribution in [-0.4, -0.2) is 24.8 Å². The monoisotopic (exact) mass is 225 g/mol. The molecule has 0 bridgehead atoms. The van der Waals surface area contributed by atoms with Gasteiger partial charge in [0.2, 0.25) is 5.91 Å². The zero-order valence-corrected chi connectivity index (χ0v) is 9.46. The zero-order chi connectivity index (χ0) is 12.1. The number of amides is 1. The minimum absolute atomic E-state index is 0.191. The Bertz CT molecular complexity index is 345. The highest BCUT2D eigenvalue weighted by Crippen LogP contribution is 2.23. The molecule has 0 atom stereocenters. The Morgan fingerprint density at radius 1 is 1.19 bits per heavy atom. The van der Waals surface area contributed by atoms with Gasteiger partial charge >= 0.3 is 5.97 Å². The van der Waals surface area contributed by atoms with Gasteiger partial charge in [0.15, 0.2) is 0 Å². The van der Waals surface area contributed by atoms with Crippen LogP contribution < -0.4 is 5.32 Å². The lowest BCUT2D eigenvalue weighted by Gasteiger charge is -2.17. The van der Waals surface area contributed by atoms with E-state index >= 15 is 0 Å². The Kier molecular flexibility index (Phi) is 4.22. The van der Waals surface area contributed by atoms with E-state index < -0.39 is 5.97 Å². The van der Waals surface area contributed by atoms with E-state index in [1.165, 1.54) is 14.0 Å². The summed E-state index contributed by atoms with van der Waals surface area (Å²) in [4.78, 5) is 33.5. The van der Waals surface area contributed by atoms with Crippen molar-refractivity contribution in [2.75, 3.05) is 7.11 Å². The van der Waals surface area contributed by atoms with Gasteiger partial charge in [0.1, 0.15) is 11.5 Å². The zero-order valence-electron chi connectivity index (χ0n) is 9.46. The molecule has 88 valence electrons. The van der Waals surface area contributed by atoms with Crippen molar-refractivity contribution in [3.63, 3.8) is 0 Å². The maximum atomic E-state index is 11.4. The first-order valence-corrected chi connectivity index (χ1v) is 5.14. The molecule has 0 heterocycles. The molecule has 1 fully saturated rings.